The highest BCUT2D eigenvalue weighted by Gasteiger charge is 2.25. The highest BCUT2D eigenvalue weighted by atomic mass is 16.1. The van der Waals surface area contributed by atoms with Crippen LogP contribution in [-0.4, -0.2) is 28.2 Å². The number of likely N-dealkylation sites (tertiary alicyclic amines) is 1. The fourth-order valence-corrected chi connectivity index (χ4v) is 2.01. The Hall–Kier alpha value is -1.16. The van der Waals surface area contributed by atoms with E-state index in [1.807, 2.05) is 13.8 Å². The topological polar surface area (TPSA) is 49.0 Å². The van der Waals surface area contributed by atoms with Crippen molar-refractivity contribution in [1.29, 1.82) is 0 Å². The van der Waals surface area contributed by atoms with Gasteiger partial charge in [-0.15, -0.1) is 0 Å². The Labute approximate surface area is 109 Å². The molecule has 1 saturated heterocycles. The molecule has 2 heterocycles. The molecule has 0 amide bonds. The van der Waals surface area contributed by atoms with Crippen LogP contribution in [0, 0.1) is 5.41 Å². The SMILES string of the molecule is CC.CC1(C)CCN(Cc2ccc(=O)[nH]n2)CC1. The standard InChI is InChI=1S/C12H19N3O.C2H6/c1-12(2)5-7-15(8-6-12)9-10-3-4-11(16)14-13-10;1-2/h3-4H,5-9H2,1-2H3,(H,14,16);1-2H3. The highest BCUT2D eigenvalue weighted by molar-refractivity contribution is 4.99. The van der Waals surface area contributed by atoms with E-state index >= 15 is 0 Å². The fourth-order valence-electron chi connectivity index (χ4n) is 2.01. The molecule has 1 aromatic rings. The summed E-state index contributed by atoms with van der Waals surface area (Å²) in [6.45, 7) is 11.7. The van der Waals surface area contributed by atoms with Gasteiger partial charge >= 0.3 is 0 Å². The van der Waals surface area contributed by atoms with Crippen LogP contribution in [0.5, 0.6) is 0 Å². The van der Waals surface area contributed by atoms with Gasteiger partial charge in [-0.3, -0.25) is 9.69 Å². The molecule has 1 aliphatic rings. The zero-order chi connectivity index (χ0) is 13.6. The number of H-pyrrole nitrogens is 1. The van der Waals surface area contributed by atoms with Crippen molar-refractivity contribution < 1.29 is 0 Å². The number of hydrogen-bond donors (Lipinski definition) is 1. The van der Waals surface area contributed by atoms with Crippen molar-refractivity contribution in [2.75, 3.05) is 13.1 Å². The molecule has 4 heteroatoms. The lowest BCUT2D eigenvalue weighted by Gasteiger charge is -2.36. The molecule has 4 nitrogen and oxygen atoms in total. The minimum Gasteiger partial charge on any atom is -0.297 e. The predicted molar refractivity (Wildman–Crippen MR) is 74.5 cm³/mol. The second-order valence-electron chi connectivity index (χ2n) is 5.35. The maximum absolute atomic E-state index is 10.9. The normalized spacial score (nSPS) is 18.9. The van der Waals surface area contributed by atoms with Gasteiger partial charge < -0.3 is 0 Å². The van der Waals surface area contributed by atoms with Gasteiger partial charge in [-0.2, -0.15) is 5.10 Å². The largest absolute Gasteiger partial charge is 0.297 e. The molecular formula is C14H25N3O. The fraction of sp³-hybridized carbons (Fsp3) is 0.714. The maximum Gasteiger partial charge on any atom is 0.264 e. The molecule has 0 spiro atoms. The van der Waals surface area contributed by atoms with E-state index in [0.29, 0.717) is 5.41 Å². The number of rotatable bonds is 2. The monoisotopic (exact) mass is 251 g/mol. The third kappa shape index (κ3) is 4.61. The van der Waals surface area contributed by atoms with Gasteiger partial charge in [0.2, 0.25) is 0 Å². The van der Waals surface area contributed by atoms with Gasteiger partial charge in [-0.1, -0.05) is 27.7 Å². The lowest BCUT2D eigenvalue weighted by molar-refractivity contribution is 0.125. The molecular weight excluding hydrogens is 226 g/mol. The molecule has 18 heavy (non-hydrogen) atoms. The second-order valence-corrected chi connectivity index (χ2v) is 5.35. The van der Waals surface area contributed by atoms with E-state index in [-0.39, 0.29) is 5.56 Å². The van der Waals surface area contributed by atoms with Crippen molar-refractivity contribution in [2.45, 2.75) is 47.1 Å². The van der Waals surface area contributed by atoms with Crippen LogP contribution in [0.25, 0.3) is 0 Å². The Morgan fingerprint density at radius 3 is 2.39 bits per heavy atom. The lowest BCUT2D eigenvalue weighted by atomic mass is 9.83. The number of nitrogens with zero attached hydrogens (tertiary/aromatic N) is 2. The first-order valence-corrected chi connectivity index (χ1v) is 6.82. The van der Waals surface area contributed by atoms with E-state index in [1.165, 1.54) is 18.9 Å². The zero-order valence-electron chi connectivity index (χ0n) is 12.0. The van der Waals surface area contributed by atoms with Crippen LogP contribution in [0.15, 0.2) is 16.9 Å². The average Bonchev–Trinajstić information content (AvgIpc) is 2.37. The van der Waals surface area contributed by atoms with Gasteiger partial charge in [-0.05, 0) is 37.4 Å². The summed E-state index contributed by atoms with van der Waals surface area (Å²) in [6, 6.07) is 3.34. The van der Waals surface area contributed by atoms with Crippen molar-refractivity contribution in [3.8, 4) is 0 Å². The van der Waals surface area contributed by atoms with Crippen molar-refractivity contribution in [3.63, 3.8) is 0 Å². The molecule has 1 N–H and O–H groups in total. The second kappa shape index (κ2) is 6.69. The van der Waals surface area contributed by atoms with Crippen LogP contribution in [0.3, 0.4) is 0 Å². The lowest BCUT2D eigenvalue weighted by Crippen LogP contribution is -2.37. The summed E-state index contributed by atoms with van der Waals surface area (Å²) in [5.74, 6) is 0. The van der Waals surface area contributed by atoms with Crippen LogP contribution in [0.1, 0.15) is 46.2 Å². The summed E-state index contributed by atoms with van der Waals surface area (Å²) in [4.78, 5) is 13.3. The van der Waals surface area contributed by atoms with Gasteiger partial charge in [0.15, 0.2) is 0 Å². The zero-order valence-corrected chi connectivity index (χ0v) is 12.0. The minimum atomic E-state index is -0.136. The first-order chi connectivity index (χ1) is 8.55. The number of hydrogen-bond acceptors (Lipinski definition) is 3. The van der Waals surface area contributed by atoms with Crippen LogP contribution in [0.2, 0.25) is 0 Å². The van der Waals surface area contributed by atoms with E-state index in [1.54, 1.807) is 6.07 Å². The minimum absolute atomic E-state index is 0.136. The van der Waals surface area contributed by atoms with E-state index in [0.717, 1.165) is 25.3 Å². The van der Waals surface area contributed by atoms with Crippen molar-refractivity contribution in [1.82, 2.24) is 15.1 Å². The molecule has 0 radical (unpaired) electrons. The quantitative estimate of drug-likeness (QED) is 0.878. The summed E-state index contributed by atoms with van der Waals surface area (Å²) >= 11 is 0. The van der Waals surface area contributed by atoms with Crippen molar-refractivity contribution >= 4 is 0 Å². The smallest absolute Gasteiger partial charge is 0.264 e. The third-order valence-corrected chi connectivity index (χ3v) is 3.33. The molecule has 0 saturated carbocycles. The molecule has 1 fully saturated rings. The average molecular weight is 251 g/mol. The Morgan fingerprint density at radius 2 is 1.89 bits per heavy atom. The molecule has 0 aliphatic carbocycles. The molecule has 0 unspecified atom stereocenters. The molecule has 2 rings (SSSR count). The summed E-state index contributed by atoms with van der Waals surface area (Å²) in [7, 11) is 0. The van der Waals surface area contributed by atoms with Crippen LogP contribution < -0.4 is 5.56 Å². The molecule has 1 aromatic heterocycles. The van der Waals surface area contributed by atoms with Crippen molar-refractivity contribution in [3.05, 3.63) is 28.2 Å². The van der Waals surface area contributed by atoms with Gasteiger partial charge in [0.25, 0.3) is 5.56 Å². The van der Waals surface area contributed by atoms with E-state index < -0.39 is 0 Å². The first kappa shape index (κ1) is 14.9. The predicted octanol–water partition coefficient (Wildman–Crippen LogP) is 2.42. The summed E-state index contributed by atoms with van der Waals surface area (Å²) < 4.78 is 0. The molecule has 0 atom stereocenters. The number of aromatic nitrogens is 2. The Bertz CT molecular complexity index is 381. The van der Waals surface area contributed by atoms with Gasteiger partial charge in [0, 0.05) is 12.6 Å². The van der Waals surface area contributed by atoms with Crippen LogP contribution in [0.4, 0.5) is 0 Å². The molecule has 1 aliphatic heterocycles. The highest BCUT2D eigenvalue weighted by Crippen LogP contribution is 2.29. The first-order valence-electron chi connectivity index (χ1n) is 6.82. The maximum atomic E-state index is 10.9. The van der Waals surface area contributed by atoms with E-state index in [9.17, 15) is 4.79 Å². The number of piperidine rings is 1. The van der Waals surface area contributed by atoms with E-state index in [4.69, 9.17) is 0 Å². The Balaban J connectivity index is 0.000000771. The Morgan fingerprint density at radius 1 is 1.28 bits per heavy atom. The number of nitrogens with one attached hydrogen (secondary N) is 1. The summed E-state index contributed by atoms with van der Waals surface area (Å²) in [5.41, 5.74) is 1.29. The van der Waals surface area contributed by atoms with Crippen LogP contribution in [-0.2, 0) is 6.54 Å². The molecule has 102 valence electrons. The molecule has 0 bridgehead atoms. The number of aromatic amines is 1. The van der Waals surface area contributed by atoms with Crippen LogP contribution >= 0.6 is 0 Å². The Kier molecular flexibility index (Phi) is 5.54. The third-order valence-electron chi connectivity index (χ3n) is 3.33. The van der Waals surface area contributed by atoms with Gasteiger partial charge in [0.1, 0.15) is 0 Å². The van der Waals surface area contributed by atoms with Gasteiger partial charge in [-0.25, -0.2) is 5.10 Å². The summed E-state index contributed by atoms with van der Waals surface area (Å²) in [5, 5.41) is 6.50. The van der Waals surface area contributed by atoms with Crippen molar-refractivity contribution in [2.24, 2.45) is 5.41 Å². The summed E-state index contributed by atoms with van der Waals surface area (Å²) in [6.07, 6.45) is 2.46. The van der Waals surface area contributed by atoms with Gasteiger partial charge in [0.05, 0.1) is 5.69 Å². The molecule has 0 aromatic carbocycles. The van der Waals surface area contributed by atoms with E-state index in [2.05, 4.69) is 28.9 Å².